The van der Waals surface area contributed by atoms with Crippen LogP contribution in [0.15, 0.2) is 12.4 Å². The summed E-state index contributed by atoms with van der Waals surface area (Å²) in [6, 6.07) is 0. The predicted octanol–water partition coefficient (Wildman–Crippen LogP) is -0.0625. The molecule has 0 aliphatic rings. The largest absolute Gasteiger partial charge is 0.325 e. The maximum atomic E-state index is 11.3. The Labute approximate surface area is 81.9 Å². The molecule has 1 aromatic heterocycles. The zero-order valence-electron chi connectivity index (χ0n) is 8.19. The molecule has 6 nitrogen and oxygen atoms in total. The van der Waals surface area contributed by atoms with Crippen LogP contribution in [-0.4, -0.2) is 26.6 Å². The van der Waals surface area contributed by atoms with Crippen molar-refractivity contribution in [3.8, 4) is 0 Å². The molecule has 0 aromatic carbocycles. The maximum Gasteiger partial charge on any atom is 0.249 e. The van der Waals surface area contributed by atoms with Crippen LogP contribution in [0.4, 0.5) is 5.95 Å². The molecule has 6 heteroatoms. The monoisotopic (exact) mass is 195 g/mol. The fraction of sp³-hybridized carbons (Fsp3) is 0.500. The lowest BCUT2D eigenvalue weighted by atomic mass is 10.0. The fourth-order valence-electron chi connectivity index (χ4n) is 0.888. The molecule has 0 unspecified atom stereocenters. The van der Waals surface area contributed by atoms with Crippen LogP contribution in [0.2, 0.25) is 0 Å². The molecular weight excluding hydrogens is 182 g/mol. The third-order valence-corrected chi connectivity index (χ3v) is 1.35. The molecule has 1 amide bonds. The molecule has 0 atom stereocenters. The van der Waals surface area contributed by atoms with Crippen LogP contribution in [0.3, 0.4) is 0 Å². The molecule has 76 valence electrons. The van der Waals surface area contributed by atoms with Gasteiger partial charge in [-0.2, -0.15) is 5.10 Å². The highest BCUT2D eigenvalue weighted by atomic mass is 16.1. The van der Waals surface area contributed by atoms with E-state index in [1.54, 1.807) is 13.8 Å². The van der Waals surface area contributed by atoms with E-state index in [-0.39, 0.29) is 18.3 Å². The Hall–Kier alpha value is -1.56. The van der Waals surface area contributed by atoms with E-state index in [1.165, 1.54) is 12.4 Å². The summed E-state index contributed by atoms with van der Waals surface area (Å²) in [4.78, 5) is 15.1. The van der Waals surface area contributed by atoms with Crippen LogP contribution in [0.25, 0.3) is 0 Å². The van der Waals surface area contributed by atoms with Crippen molar-refractivity contribution in [1.29, 1.82) is 0 Å². The van der Waals surface area contributed by atoms with Gasteiger partial charge in [-0.1, -0.05) is 0 Å². The number of amides is 1. The van der Waals surface area contributed by atoms with Crippen molar-refractivity contribution < 1.29 is 4.79 Å². The molecule has 1 rings (SSSR count). The summed E-state index contributed by atoms with van der Waals surface area (Å²) in [7, 11) is 0. The summed E-state index contributed by atoms with van der Waals surface area (Å²) in [5.74, 6) is -0.0211. The topological polar surface area (TPSA) is 93.8 Å². The van der Waals surface area contributed by atoms with E-state index in [1.807, 2.05) is 0 Å². The Kier molecular flexibility index (Phi) is 3.08. The van der Waals surface area contributed by atoms with Gasteiger partial charge in [-0.05, 0) is 13.8 Å². The standard InChI is InChI=1S/C8H13N5O/c1-8(2,9)5-6(14)12-7-10-3-4-11-13-7/h3-4H,5,9H2,1-2H3,(H,10,12,13,14). The van der Waals surface area contributed by atoms with Gasteiger partial charge in [0.25, 0.3) is 0 Å². The smallest absolute Gasteiger partial charge is 0.249 e. The number of nitrogens with two attached hydrogens (primary N) is 1. The van der Waals surface area contributed by atoms with Crippen LogP contribution in [0, 0.1) is 0 Å². The number of nitrogens with zero attached hydrogens (tertiary/aromatic N) is 3. The molecule has 0 aliphatic carbocycles. The van der Waals surface area contributed by atoms with Crippen molar-refractivity contribution in [3.63, 3.8) is 0 Å². The highest BCUT2D eigenvalue weighted by molar-refractivity contribution is 5.89. The molecule has 0 saturated carbocycles. The second-order valence-electron chi connectivity index (χ2n) is 3.68. The molecule has 0 spiro atoms. The molecule has 0 radical (unpaired) electrons. The highest BCUT2D eigenvalue weighted by Crippen LogP contribution is 2.04. The minimum atomic E-state index is -0.535. The first-order valence-electron chi connectivity index (χ1n) is 4.20. The lowest BCUT2D eigenvalue weighted by Crippen LogP contribution is -2.36. The summed E-state index contributed by atoms with van der Waals surface area (Å²) in [5, 5.41) is 9.69. The molecule has 0 saturated heterocycles. The first-order chi connectivity index (χ1) is 6.47. The lowest BCUT2D eigenvalue weighted by Gasteiger charge is -2.16. The van der Waals surface area contributed by atoms with E-state index in [4.69, 9.17) is 5.73 Å². The Morgan fingerprint density at radius 1 is 1.57 bits per heavy atom. The van der Waals surface area contributed by atoms with E-state index in [9.17, 15) is 4.79 Å². The highest BCUT2D eigenvalue weighted by Gasteiger charge is 2.16. The molecule has 1 aromatic rings. The summed E-state index contributed by atoms with van der Waals surface area (Å²) < 4.78 is 0. The number of carbonyl (C=O) groups is 1. The number of anilines is 1. The summed E-state index contributed by atoms with van der Waals surface area (Å²) >= 11 is 0. The van der Waals surface area contributed by atoms with E-state index in [2.05, 4.69) is 20.5 Å². The van der Waals surface area contributed by atoms with E-state index < -0.39 is 5.54 Å². The van der Waals surface area contributed by atoms with Gasteiger partial charge >= 0.3 is 0 Å². The van der Waals surface area contributed by atoms with Crippen LogP contribution >= 0.6 is 0 Å². The van der Waals surface area contributed by atoms with Crippen LogP contribution in [-0.2, 0) is 4.79 Å². The molecular formula is C8H13N5O. The fourth-order valence-corrected chi connectivity index (χ4v) is 0.888. The number of nitrogens with one attached hydrogen (secondary N) is 1. The Morgan fingerprint density at radius 3 is 2.79 bits per heavy atom. The molecule has 0 fully saturated rings. The number of hydrogen-bond acceptors (Lipinski definition) is 5. The Balaban J connectivity index is 2.50. The van der Waals surface area contributed by atoms with E-state index in [0.29, 0.717) is 0 Å². The van der Waals surface area contributed by atoms with Crippen LogP contribution < -0.4 is 11.1 Å². The third kappa shape index (κ3) is 3.90. The van der Waals surface area contributed by atoms with Crippen molar-refractivity contribution in [2.45, 2.75) is 25.8 Å². The zero-order chi connectivity index (χ0) is 10.6. The second-order valence-corrected chi connectivity index (χ2v) is 3.68. The first kappa shape index (κ1) is 10.5. The minimum absolute atomic E-state index is 0.196. The predicted molar refractivity (Wildman–Crippen MR) is 51.3 cm³/mol. The van der Waals surface area contributed by atoms with Gasteiger partial charge in [-0.25, -0.2) is 4.98 Å². The lowest BCUT2D eigenvalue weighted by molar-refractivity contribution is -0.117. The molecule has 0 bridgehead atoms. The van der Waals surface area contributed by atoms with E-state index >= 15 is 0 Å². The van der Waals surface area contributed by atoms with Gasteiger partial charge in [0.1, 0.15) is 0 Å². The quantitative estimate of drug-likeness (QED) is 0.704. The van der Waals surface area contributed by atoms with Gasteiger partial charge in [-0.15, -0.1) is 5.10 Å². The van der Waals surface area contributed by atoms with Crippen LogP contribution in [0.1, 0.15) is 20.3 Å². The van der Waals surface area contributed by atoms with Gasteiger partial charge in [-0.3, -0.25) is 10.1 Å². The molecule has 1 heterocycles. The van der Waals surface area contributed by atoms with Gasteiger partial charge < -0.3 is 5.73 Å². The summed E-state index contributed by atoms with van der Waals surface area (Å²) in [6.07, 6.45) is 3.10. The Morgan fingerprint density at radius 2 is 2.29 bits per heavy atom. The van der Waals surface area contributed by atoms with Crippen molar-refractivity contribution >= 4 is 11.9 Å². The summed E-state index contributed by atoms with van der Waals surface area (Å²) in [5.41, 5.74) is 5.14. The van der Waals surface area contributed by atoms with Gasteiger partial charge in [0, 0.05) is 12.0 Å². The summed E-state index contributed by atoms with van der Waals surface area (Å²) in [6.45, 7) is 3.55. The Bertz CT molecular complexity index is 305. The van der Waals surface area contributed by atoms with Crippen molar-refractivity contribution in [2.75, 3.05) is 5.32 Å². The molecule has 3 N–H and O–H groups in total. The zero-order valence-corrected chi connectivity index (χ0v) is 8.19. The SMILES string of the molecule is CC(C)(N)CC(=O)Nc1nccnn1. The maximum absolute atomic E-state index is 11.3. The first-order valence-corrected chi connectivity index (χ1v) is 4.20. The average molecular weight is 195 g/mol. The van der Waals surface area contributed by atoms with Crippen molar-refractivity contribution in [2.24, 2.45) is 5.73 Å². The van der Waals surface area contributed by atoms with Gasteiger partial charge in [0.05, 0.1) is 12.4 Å². The molecule has 14 heavy (non-hydrogen) atoms. The molecule has 0 aliphatic heterocycles. The second kappa shape index (κ2) is 4.10. The number of rotatable bonds is 3. The third-order valence-electron chi connectivity index (χ3n) is 1.35. The number of aromatic nitrogens is 3. The van der Waals surface area contributed by atoms with Gasteiger partial charge in [0.2, 0.25) is 11.9 Å². The van der Waals surface area contributed by atoms with E-state index in [0.717, 1.165) is 0 Å². The number of carbonyl (C=O) groups excluding carboxylic acids is 1. The minimum Gasteiger partial charge on any atom is -0.325 e. The van der Waals surface area contributed by atoms with Crippen LogP contribution in [0.5, 0.6) is 0 Å². The van der Waals surface area contributed by atoms with Crippen molar-refractivity contribution in [3.05, 3.63) is 12.4 Å². The number of hydrogen-bond donors (Lipinski definition) is 2. The van der Waals surface area contributed by atoms with Crippen molar-refractivity contribution in [1.82, 2.24) is 15.2 Å². The average Bonchev–Trinajstić information content (AvgIpc) is 2.02. The normalized spacial score (nSPS) is 11.1. The van der Waals surface area contributed by atoms with Gasteiger partial charge in [0.15, 0.2) is 0 Å².